The second-order valence-corrected chi connectivity index (χ2v) is 11.4. The molecule has 0 aromatic carbocycles. The predicted molar refractivity (Wildman–Crippen MR) is 160 cm³/mol. The van der Waals surface area contributed by atoms with Crippen molar-refractivity contribution in [2.24, 2.45) is 11.8 Å². The van der Waals surface area contributed by atoms with Gasteiger partial charge in [-0.3, -0.25) is 38.4 Å². The summed E-state index contributed by atoms with van der Waals surface area (Å²) in [4.78, 5) is 107. The standard InChI is InChI=1S/C29H45N5O13/c1-30-27(44)18(10-13-24(39)40)33-28(45)19(11-14-25(41)42)32-22(36)12-9-20(29(46)47)34-26(43)17-7-5-16(6-8-17)15-31-21(35)3-2-4-23(37)38/h16-20H,2-15H2,1H3,(H,30,44)(H,31,35)(H,32,36)(H,33,45)(H,34,43)(H,37,38)(H,39,40)(H,41,42)(H,46,47)/t16?,17?,18-,19-,20?/m0/s1. The van der Waals surface area contributed by atoms with Gasteiger partial charge in [-0.25, -0.2) is 4.79 Å². The molecule has 1 fully saturated rings. The first-order valence-corrected chi connectivity index (χ1v) is 15.4. The zero-order valence-corrected chi connectivity index (χ0v) is 26.2. The molecule has 0 bridgehead atoms. The Morgan fingerprint density at radius 3 is 1.64 bits per heavy atom. The molecule has 1 unspecified atom stereocenters. The van der Waals surface area contributed by atoms with E-state index in [1.54, 1.807) is 0 Å². The molecule has 3 atom stereocenters. The van der Waals surface area contributed by atoms with Crippen LogP contribution >= 0.6 is 0 Å². The van der Waals surface area contributed by atoms with Crippen LogP contribution in [0.1, 0.15) is 83.5 Å². The van der Waals surface area contributed by atoms with Crippen molar-refractivity contribution in [1.29, 1.82) is 0 Å². The van der Waals surface area contributed by atoms with Gasteiger partial charge in [-0.2, -0.15) is 0 Å². The summed E-state index contributed by atoms with van der Waals surface area (Å²) in [6, 6.07) is -4.14. The van der Waals surface area contributed by atoms with E-state index in [9.17, 15) is 48.3 Å². The summed E-state index contributed by atoms with van der Waals surface area (Å²) in [7, 11) is 1.27. The van der Waals surface area contributed by atoms with Crippen molar-refractivity contribution in [3.63, 3.8) is 0 Å². The predicted octanol–water partition coefficient (Wildman–Crippen LogP) is -1.04. The van der Waals surface area contributed by atoms with E-state index in [1.165, 1.54) is 7.05 Å². The number of carbonyl (C=O) groups excluding carboxylic acids is 5. The van der Waals surface area contributed by atoms with E-state index in [2.05, 4.69) is 26.6 Å². The number of carboxylic acid groups (broad SMARTS) is 4. The van der Waals surface area contributed by atoms with Crippen LogP contribution in [-0.4, -0.2) is 106 Å². The molecule has 0 aromatic heterocycles. The van der Waals surface area contributed by atoms with Gasteiger partial charge in [-0.15, -0.1) is 0 Å². The first kappa shape index (κ1) is 40.3. The fourth-order valence-electron chi connectivity index (χ4n) is 4.98. The Balaban J connectivity index is 2.66. The smallest absolute Gasteiger partial charge is 0.326 e. The van der Waals surface area contributed by atoms with Gasteiger partial charge in [0.25, 0.3) is 0 Å². The maximum Gasteiger partial charge on any atom is 0.326 e. The summed E-state index contributed by atoms with van der Waals surface area (Å²) < 4.78 is 0. The highest BCUT2D eigenvalue weighted by atomic mass is 16.4. The Hall–Kier alpha value is -4.77. The van der Waals surface area contributed by atoms with Crippen LogP contribution in [0.25, 0.3) is 0 Å². The van der Waals surface area contributed by atoms with Gasteiger partial charge in [0.05, 0.1) is 0 Å². The molecule has 264 valence electrons. The van der Waals surface area contributed by atoms with Crippen molar-refractivity contribution in [3.05, 3.63) is 0 Å². The monoisotopic (exact) mass is 671 g/mol. The van der Waals surface area contributed by atoms with Crippen LogP contribution in [0.5, 0.6) is 0 Å². The lowest BCUT2D eigenvalue weighted by molar-refractivity contribution is -0.143. The lowest BCUT2D eigenvalue weighted by Crippen LogP contribution is -2.53. The first-order chi connectivity index (χ1) is 22.1. The van der Waals surface area contributed by atoms with E-state index in [4.69, 9.17) is 15.3 Å². The highest BCUT2D eigenvalue weighted by Crippen LogP contribution is 2.28. The van der Waals surface area contributed by atoms with Gasteiger partial charge in [0.1, 0.15) is 18.1 Å². The van der Waals surface area contributed by atoms with Crippen molar-refractivity contribution >= 4 is 53.4 Å². The summed E-state index contributed by atoms with van der Waals surface area (Å²) in [6.07, 6.45) is -0.0987. The number of amides is 5. The Bertz CT molecular complexity index is 1150. The van der Waals surface area contributed by atoms with E-state index >= 15 is 0 Å². The summed E-state index contributed by atoms with van der Waals surface area (Å²) in [5.74, 6) is -8.44. The van der Waals surface area contributed by atoms with E-state index in [0.717, 1.165) is 0 Å². The van der Waals surface area contributed by atoms with E-state index in [1.807, 2.05) is 0 Å². The molecule has 0 heterocycles. The van der Waals surface area contributed by atoms with Crippen molar-refractivity contribution in [2.75, 3.05) is 13.6 Å². The Kier molecular flexibility index (Phi) is 18.1. The largest absolute Gasteiger partial charge is 0.481 e. The fourth-order valence-corrected chi connectivity index (χ4v) is 4.98. The van der Waals surface area contributed by atoms with Crippen molar-refractivity contribution in [1.82, 2.24) is 26.6 Å². The van der Waals surface area contributed by atoms with E-state index in [0.29, 0.717) is 32.2 Å². The number of rotatable bonds is 22. The van der Waals surface area contributed by atoms with Crippen LogP contribution in [0, 0.1) is 11.8 Å². The molecule has 18 nitrogen and oxygen atoms in total. The Morgan fingerprint density at radius 1 is 0.596 bits per heavy atom. The molecule has 1 aliphatic rings. The number of carboxylic acids is 4. The Labute approximate surface area is 270 Å². The molecule has 0 spiro atoms. The van der Waals surface area contributed by atoms with E-state index < -0.39 is 90.8 Å². The lowest BCUT2D eigenvalue weighted by atomic mass is 9.81. The molecule has 0 radical (unpaired) electrons. The minimum absolute atomic E-state index is 0.0987. The number of likely N-dealkylation sites (N-methyl/N-ethyl adjacent to an activating group) is 1. The molecule has 1 aliphatic carbocycles. The highest BCUT2D eigenvalue weighted by molar-refractivity contribution is 5.92. The Morgan fingerprint density at radius 2 is 1.13 bits per heavy atom. The van der Waals surface area contributed by atoms with Crippen molar-refractivity contribution in [3.8, 4) is 0 Å². The third kappa shape index (κ3) is 16.9. The number of carbonyl (C=O) groups is 9. The molecule has 1 saturated carbocycles. The van der Waals surface area contributed by atoms with Crippen LogP contribution in [-0.2, 0) is 43.2 Å². The van der Waals surface area contributed by atoms with Crippen LogP contribution in [0.15, 0.2) is 0 Å². The van der Waals surface area contributed by atoms with Crippen LogP contribution < -0.4 is 26.6 Å². The van der Waals surface area contributed by atoms with Gasteiger partial charge in [-0.05, 0) is 57.3 Å². The molecule has 0 aliphatic heterocycles. The second kappa shape index (κ2) is 21.1. The molecule has 18 heteroatoms. The summed E-state index contributed by atoms with van der Waals surface area (Å²) in [5, 5.41) is 48.4. The van der Waals surface area contributed by atoms with Gasteiger partial charge in [-0.1, -0.05) is 0 Å². The first-order valence-electron chi connectivity index (χ1n) is 15.4. The highest BCUT2D eigenvalue weighted by Gasteiger charge is 2.31. The number of nitrogens with one attached hydrogen (secondary N) is 5. The van der Waals surface area contributed by atoms with Crippen LogP contribution in [0.2, 0.25) is 0 Å². The molecular weight excluding hydrogens is 626 g/mol. The fraction of sp³-hybridized carbons (Fsp3) is 0.690. The van der Waals surface area contributed by atoms with Crippen molar-refractivity contribution < 1.29 is 63.6 Å². The SMILES string of the molecule is CNC(=O)[C@H](CCC(=O)O)NC(=O)[C@H](CCC(=O)O)NC(=O)CCC(NC(=O)C1CCC(CNC(=O)CCCC(=O)O)CC1)C(=O)O. The minimum atomic E-state index is -1.43. The topological polar surface area (TPSA) is 295 Å². The molecule has 9 N–H and O–H groups in total. The van der Waals surface area contributed by atoms with Gasteiger partial charge >= 0.3 is 23.9 Å². The average molecular weight is 672 g/mol. The van der Waals surface area contributed by atoms with Crippen LogP contribution in [0.4, 0.5) is 0 Å². The number of hydrogen-bond acceptors (Lipinski definition) is 9. The zero-order valence-electron chi connectivity index (χ0n) is 26.2. The number of aliphatic carboxylic acids is 4. The average Bonchev–Trinajstić information content (AvgIpc) is 3.01. The maximum atomic E-state index is 12.9. The van der Waals surface area contributed by atoms with Crippen LogP contribution in [0.3, 0.4) is 0 Å². The normalized spacial score (nSPS) is 17.6. The molecule has 0 saturated heterocycles. The lowest BCUT2D eigenvalue weighted by Gasteiger charge is -2.28. The zero-order chi connectivity index (χ0) is 35.5. The quantitative estimate of drug-likeness (QED) is 0.0665. The summed E-state index contributed by atoms with van der Waals surface area (Å²) in [6.45, 7) is 0.382. The van der Waals surface area contributed by atoms with Gasteiger partial charge < -0.3 is 47.0 Å². The van der Waals surface area contributed by atoms with Gasteiger partial charge in [0.15, 0.2) is 0 Å². The molecule has 1 rings (SSSR count). The minimum Gasteiger partial charge on any atom is -0.481 e. The van der Waals surface area contributed by atoms with Crippen molar-refractivity contribution in [2.45, 2.75) is 102 Å². The molecule has 47 heavy (non-hydrogen) atoms. The third-order valence-corrected chi connectivity index (χ3v) is 7.70. The molecule has 0 aromatic rings. The summed E-state index contributed by atoms with van der Waals surface area (Å²) >= 11 is 0. The number of hydrogen-bond donors (Lipinski definition) is 9. The van der Waals surface area contributed by atoms with E-state index in [-0.39, 0.29) is 50.4 Å². The van der Waals surface area contributed by atoms with Gasteiger partial charge in [0.2, 0.25) is 29.5 Å². The third-order valence-electron chi connectivity index (χ3n) is 7.70. The van der Waals surface area contributed by atoms with Gasteiger partial charge in [0, 0.05) is 51.6 Å². The summed E-state index contributed by atoms with van der Waals surface area (Å²) in [5.41, 5.74) is 0. The molecule has 5 amide bonds. The maximum absolute atomic E-state index is 12.9. The second-order valence-electron chi connectivity index (χ2n) is 11.4. The molecular formula is C29H45N5O13.